The fourth-order valence-electron chi connectivity index (χ4n) is 2.61. The molecule has 0 radical (unpaired) electrons. The summed E-state index contributed by atoms with van der Waals surface area (Å²) in [4.78, 5) is 7.49. The minimum absolute atomic E-state index is 0.786. The Kier molecular flexibility index (Phi) is 2.62. The maximum atomic E-state index is 4.32. The van der Waals surface area contributed by atoms with Gasteiger partial charge in [-0.3, -0.25) is 0 Å². The van der Waals surface area contributed by atoms with Gasteiger partial charge in [0.2, 0.25) is 0 Å². The van der Waals surface area contributed by atoms with Crippen molar-refractivity contribution in [2.24, 2.45) is 5.92 Å². The van der Waals surface area contributed by atoms with Crippen LogP contribution in [0.3, 0.4) is 0 Å². The Morgan fingerprint density at radius 1 is 1.38 bits per heavy atom. The molecule has 1 aliphatic heterocycles. The smallest absolute Gasteiger partial charge is 0.137 e. The number of fused-ring (bicyclic) bond motifs is 1. The van der Waals surface area contributed by atoms with Crippen LogP contribution in [0.4, 0.5) is 0 Å². The fourth-order valence-corrected chi connectivity index (χ4v) is 2.61. The summed E-state index contributed by atoms with van der Waals surface area (Å²) in [5.74, 6) is 0.786. The average molecular weight is 215 g/mol. The number of rotatable bonds is 2. The molecule has 2 N–H and O–H groups in total. The molecule has 0 amide bonds. The van der Waals surface area contributed by atoms with Crippen molar-refractivity contribution in [3.63, 3.8) is 0 Å². The summed E-state index contributed by atoms with van der Waals surface area (Å²) < 4.78 is 0. The van der Waals surface area contributed by atoms with E-state index in [1.807, 2.05) is 12.4 Å². The van der Waals surface area contributed by atoms with Crippen molar-refractivity contribution in [1.82, 2.24) is 15.3 Å². The highest BCUT2D eigenvalue weighted by atomic mass is 14.9. The number of nitrogens with one attached hydrogen (secondary N) is 2. The maximum absolute atomic E-state index is 4.32. The number of pyridine rings is 1. The third-order valence-corrected chi connectivity index (χ3v) is 3.46. The Balaban J connectivity index is 1.85. The molecule has 1 atom stereocenters. The highest BCUT2D eigenvalue weighted by molar-refractivity contribution is 5.79. The van der Waals surface area contributed by atoms with Gasteiger partial charge in [-0.15, -0.1) is 0 Å². The molecule has 2 aromatic heterocycles. The van der Waals surface area contributed by atoms with Crippen molar-refractivity contribution in [3.8, 4) is 0 Å². The Morgan fingerprint density at radius 2 is 2.38 bits per heavy atom. The van der Waals surface area contributed by atoms with E-state index in [1.54, 1.807) is 0 Å². The molecule has 2 aromatic rings. The van der Waals surface area contributed by atoms with E-state index in [1.165, 1.54) is 36.8 Å². The number of piperidine rings is 1. The van der Waals surface area contributed by atoms with Crippen LogP contribution in [0, 0.1) is 5.92 Å². The van der Waals surface area contributed by atoms with Crippen LogP contribution in [0.2, 0.25) is 0 Å². The number of aromatic amines is 1. The first-order valence-corrected chi connectivity index (χ1v) is 6.05. The second kappa shape index (κ2) is 4.26. The third kappa shape index (κ3) is 1.83. The summed E-state index contributed by atoms with van der Waals surface area (Å²) in [5.41, 5.74) is 2.45. The number of aromatic nitrogens is 2. The molecule has 1 unspecified atom stereocenters. The van der Waals surface area contributed by atoms with Gasteiger partial charge in [0.1, 0.15) is 5.65 Å². The van der Waals surface area contributed by atoms with Crippen LogP contribution >= 0.6 is 0 Å². The van der Waals surface area contributed by atoms with Gasteiger partial charge in [0.05, 0.1) is 0 Å². The van der Waals surface area contributed by atoms with E-state index >= 15 is 0 Å². The lowest BCUT2D eigenvalue weighted by Gasteiger charge is -2.22. The van der Waals surface area contributed by atoms with Gasteiger partial charge in [-0.1, -0.05) is 0 Å². The van der Waals surface area contributed by atoms with Gasteiger partial charge in [-0.2, -0.15) is 0 Å². The van der Waals surface area contributed by atoms with Gasteiger partial charge in [-0.25, -0.2) is 4.98 Å². The van der Waals surface area contributed by atoms with E-state index in [-0.39, 0.29) is 0 Å². The quantitative estimate of drug-likeness (QED) is 0.805. The summed E-state index contributed by atoms with van der Waals surface area (Å²) in [6.45, 7) is 2.35. The SMILES string of the molecule is c1cc(CC2CCCNC2)c2cc[nH]c2n1. The van der Waals surface area contributed by atoms with Crippen LogP contribution < -0.4 is 5.32 Å². The molecular weight excluding hydrogens is 198 g/mol. The molecule has 3 rings (SSSR count). The first-order valence-electron chi connectivity index (χ1n) is 6.05. The second-order valence-corrected chi connectivity index (χ2v) is 4.63. The monoisotopic (exact) mass is 215 g/mol. The zero-order valence-electron chi connectivity index (χ0n) is 9.37. The normalized spacial score (nSPS) is 21.4. The van der Waals surface area contributed by atoms with Crippen molar-refractivity contribution in [2.45, 2.75) is 19.3 Å². The topological polar surface area (TPSA) is 40.7 Å². The lowest BCUT2D eigenvalue weighted by Crippen LogP contribution is -2.30. The average Bonchev–Trinajstić information content (AvgIpc) is 2.80. The molecule has 0 aromatic carbocycles. The number of hydrogen-bond acceptors (Lipinski definition) is 2. The minimum Gasteiger partial charge on any atom is -0.346 e. The molecule has 3 heterocycles. The molecule has 0 saturated carbocycles. The zero-order chi connectivity index (χ0) is 10.8. The van der Waals surface area contributed by atoms with Crippen molar-refractivity contribution in [1.29, 1.82) is 0 Å². The van der Waals surface area contributed by atoms with E-state index in [9.17, 15) is 0 Å². The summed E-state index contributed by atoms with van der Waals surface area (Å²) in [6.07, 6.45) is 7.71. The largest absolute Gasteiger partial charge is 0.346 e. The van der Waals surface area contributed by atoms with Crippen LogP contribution in [0.5, 0.6) is 0 Å². The van der Waals surface area contributed by atoms with Crippen LogP contribution in [0.15, 0.2) is 24.5 Å². The second-order valence-electron chi connectivity index (χ2n) is 4.63. The molecule has 0 spiro atoms. The molecule has 0 bridgehead atoms. The molecule has 0 aliphatic carbocycles. The molecule has 16 heavy (non-hydrogen) atoms. The number of hydrogen-bond donors (Lipinski definition) is 2. The minimum atomic E-state index is 0.786. The van der Waals surface area contributed by atoms with Crippen molar-refractivity contribution in [2.75, 3.05) is 13.1 Å². The van der Waals surface area contributed by atoms with Crippen LogP contribution in [-0.2, 0) is 6.42 Å². The van der Waals surface area contributed by atoms with E-state index in [0.29, 0.717) is 0 Å². The van der Waals surface area contributed by atoms with Crippen molar-refractivity contribution in [3.05, 3.63) is 30.1 Å². The van der Waals surface area contributed by atoms with E-state index < -0.39 is 0 Å². The van der Waals surface area contributed by atoms with Gasteiger partial charge in [0, 0.05) is 17.8 Å². The Labute approximate surface area is 95.3 Å². The summed E-state index contributed by atoms with van der Waals surface area (Å²) in [6, 6.07) is 4.29. The maximum Gasteiger partial charge on any atom is 0.137 e. The van der Waals surface area contributed by atoms with Gasteiger partial charge < -0.3 is 10.3 Å². The van der Waals surface area contributed by atoms with E-state index in [4.69, 9.17) is 0 Å². The molecule has 3 nitrogen and oxygen atoms in total. The summed E-state index contributed by atoms with van der Waals surface area (Å²) in [7, 11) is 0. The zero-order valence-corrected chi connectivity index (χ0v) is 9.37. The first-order chi connectivity index (χ1) is 7.93. The molecule has 1 aliphatic rings. The van der Waals surface area contributed by atoms with Gasteiger partial charge in [0.25, 0.3) is 0 Å². The van der Waals surface area contributed by atoms with E-state index in [2.05, 4.69) is 27.4 Å². The predicted octanol–water partition coefficient (Wildman–Crippen LogP) is 2.10. The predicted molar refractivity (Wildman–Crippen MR) is 65.4 cm³/mol. The summed E-state index contributed by atoms with van der Waals surface area (Å²) in [5, 5.41) is 4.76. The van der Waals surface area contributed by atoms with Crippen molar-refractivity contribution < 1.29 is 0 Å². The molecule has 84 valence electrons. The number of H-pyrrole nitrogens is 1. The Hall–Kier alpha value is -1.35. The Morgan fingerprint density at radius 3 is 3.25 bits per heavy atom. The van der Waals surface area contributed by atoms with Gasteiger partial charge in [-0.05, 0) is 56.0 Å². The van der Waals surface area contributed by atoms with Crippen LogP contribution in [0.25, 0.3) is 11.0 Å². The van der Waals surface area contributed by atoms with Crippen LogP contribution in [0.1, 0.15) is 18.4 Å². The molecular formula is C13H17N3. The molecule has 1 fully saturated rings. The van der Waals surface area contributed by atoms with Crippen LogP contribution in [-0.4, -0.2) is 23.1 Å². The third-order valence-electron chi connectivity index (χ3n) is 3.46. The number of nitrogens with zero attached hydrogens (tertiary/aromatic N) is 1. The molecule has 1 saturated heterocycles. The lowest BCUT2D eigenvalue weighted by molar-refractivity contribution is 0.377. The lowest BCUT2D eigenvalue weighted by atomic mass is 9.92. The standard InChI is InChI=1S/C13H17N3/c1-2-10(9-14-5-1)8-11-3-6-15-13-12(11)4-7-16-13/h3-4,6-7,10,14H,1-2,5,8-9H2,(H,15,16). The van der Waals surface area contributed by atoms with Gasteiger partial charge in [0.15, 0.2) is 0 Å². The molecule has 3 heteroatoms. The summed E-state index contributed by atoms with van der Waals surface area (Å²) >= 11 is 0. The van der Waals surface area contributed by atoms with Gasteiger partial charge >= 0.3 is 0 Å². The highest BCUT2D eigenvalue weighted by Crippen LogP contribution is 2.21. The van der Waals surface area contributed by atoms with Crippen molar-refractivity contribution >= 4 is 11.0 Å². The van der Waals surface area contributed by atoms with E-state index in [0.717, 1.165) is 18.1 Å². The fraction of sp³-hybridized carbons (Fsp3) is 0.462. The Bertz CT molecular complexity index is 469. The highest BCUT2D eigenvalue weighted by Gasteiger charge is 2.14. The first kappa shape index (κ1) is 9.85.